The van der Waals surface area contributed by atoms with Gasteiger partial charge in [-0.2, -0.15) is 18.4 Å². The summed E-state index contributed by atoms with van der Waals surface area (Å²) in [6, 6.07) is 4.69. The molecule has 0 bridgehead atoms. The number of nitrogens with zero attached hydrogens (tertiary/aromatic N) is 4. The van der Waals surface area contributed by atoms with E-state index in [4.69, 9.17) is 5.26 Å². The molecule has 8 heteroatoms. The van der Waals surface area contributed by atoms with Crippen LogP contribution in [0.4, 0.5) is 13.2 Å². The lowest BCUT2D eigenvalue weighted by Crippen LogP contribution is -2.10. The maximum atomic E-state index is 12.9. The number of Topliss-reactive ketones (excluding diaryl/α,β-unsaturated/α-hetero) is 1. The van der Waals surface area contributed by atoms with Gasteiger partial charge in [-0.25, -0.2) is 4.68 Å². The molecule has 2 aromatic rings. The fraction of sp³-hybridized carbons (Fsp3) is 0.231. The van der Waals surface area contributed by atoms with E-state index in [1.54, 1.807) is 0 Å². The highest BCUT2D eigenvalue weighted by Crippen LogP contribution is 2.33. The summed E-state index contributed by atoms with van der Waals surface area (Å²) in [7, 11) is 0. The fourth-order valence-electron chi connectivity index (χ4n) is 1.90. The SMILES string of the molecule is CC(=O)c1nnn(-c2ccc(C#N)c(C(F)(F)F)c2)c1C. The molecule has 1 aromatic carbocycles. The van der Waals surface area contributed by atoms with Crippen LogP contribution in [-0.4, -0.2) is 20.8 Å². The number of halogens is 3. The standard InChI is InChI=1S/C13H9F3N4O/c1-7-12(8(2)21)18-19-20(7)10-4-3-9(6-17)11(5-10)13(14,15)16/h3-5H,1-2H3. The Hall–Kier alpha value is -2.69. The Morgan fingerprint density at radius 3 is 2.52 bits per heavy atom. The van der Waals surface area contributed by atoms with Crippen molar-refractivity contribution < 1.29 is 18.0 Å². The third-order valence-corrected chi connectivity index (χ3v) is 2.90. The minimum absolute atomic E-state index is 0.0822. The lowest BCUT2D eigenvalue weighted by molar-refractivity contribution is -0.137. The van der Waals surface area contributed by atoms with Gasteiger partial charge in [-0.15, -0.1) is 5.10 Å². The zero-order valence-electron chi connectivity index (χ0n) is 11.1. The van der Waals surface area contributed by atoms with E-state index in [-0.39, 0.29) is 17.2 Å². The smallest absolute Gasteiger partial charge is 0.293 e. The molecule has 5 nitrogen and oxygen atoms in total. The molecule has 1 heterocycles. The number of aromatic nitrogens is 3. The van der Waals surface area contributed by atoms with Crippen molar-refractivity contribution in [2.45, 2.75) is 20.0 Å². The average Bonchev–Trinajstić information content (AvgIpc) is 2.79. The van der Waals surface area contributed by atoms with Crippen LogP contribution in [0.3, 0.4) is 0 Å². The summed E-state index contributed by atoms with van der Waals surface area (Å²) in [6.45, 7) is 2.82. The number of hydrogen-bond acceptors (Lipinski definition) is 4. The molecule has 0 saturated carbocycles. The van der Waals surface area contributed by atoms with Crippen molar-refractivity contribution in [1.82, 2.24) is 15.0 Å². The molecule has 0 spiro atoms. The van der Waals surface area contributed by atoms with Gasteiger partial charge >= 0.3 is 6.18 Å². The van der Waals surface area contributed by atoms with Crippen molar-refractivity contribution in [3.05, 3.63) is 40.7 Å². The van der Waals surface area contributed by atoms with Crippen LogP contribution in [0.1, 0.15) is 34.2 Å². The summed E-state index contributed by atoms with van der Waals surface area (Å²) in [4.78, 5) is 11.3. The highest BCUT2D eigenvalue weighted by molar-refractivity contribution is 5.93. The predicted molar refractivity (Wildman–Crippen MR) is 65.8 cm³/mol. The molecule has 0 N–H and O–H groups in total. The van der Waals surface area contributed by atoms with E-state index in [1.165, 1.54) is 26.0 Å². The van der Waals surface area contributed by atoms with Gasteiger partial charge in [-0.3, -0.25) is 4.79 Å². The Balaban J connectivity index is 2.62. The molecule has 0 aliphatic carbocycles. The summed E-state index contributed by atoms with van der Waals surface area (Å²) in [5.41, 5.74) is -1.02. The minimum atomic E-state index is -4.65. The predicted octanol–water partition coefficient (Wildman–Crippen LogP) is 2.67. The van der Waals surface area contributed by atoms with Crippen LogP contribution in [0.15, 0.2) is 18.2 Å². The highest BCUT2D eigenvalue weighted by atomic mass is 19.4. The number of ketones is 1. The van der Waals surface area contributed by atoms with Crippen LogP contribution in [0.2, 0.25) is 0 Å². The molecule has 0 fully saturated rings. The molecule has 0 unspecified atom stereocenters. The van der Waals surface area contributed by atoms with Crippen molar-refractivity contribution in [1.29, 1.82) is 5.26 Å². The molecule has 2 rings (SSSR count). The highest BCUT2D eigenvalue weighted by Gasteiger charge is 2.34. The molecule has 0 aliphatic heterocycles. The van der Waals surface area contributed by atoms with Crippen LogP contribution >= 0.6 is 0 Å². The van der Waals surface area contributed by atoms with Crippen molar-refractivity contribution in [2.24, 2.45) is 0 Å². The van der Waals surface area contributed by atoms with Crippen LogP contribution < -0.4 is 0 Å². The first kappa shape index (κ1) is 14.7. The normalized spacial score (nSPS) is 11.2. The number of benzene rings is 1. The van der Waals surface area contributed by atoms with Crippen LogP contribution in [0, 0.1) is 18.3 Å². The van der Waals surface area contributed by atoms with E-state index in [0.29, 0.717) is 5.69 Å². The molecule has 0 aliphatic rings. The Morgan fingerprint density at radius 2 is 2.05 bits per heavy atom. The van der Waals surface area contributed by atoms with Crippen LogP contribution in [0.25, 0.3) is 5.69 Å². The molecule has 21 heavy (non-hydrogen) atoms. The summed E-state index contributed by atoms with van der Waals surface area (Å²) < 4.78 is 39.9. The molecule has 1 aromatic heterocycles. The van der Waals surface area contributed by atoms with Gasteiger partial charge in [-0.05, 0) is 25.1 Å². The second-order valence-corrected chi connectivity index (χ2v) is 4.33. The summed E-state index contributed by atoms with van der Waals surface area (Å²) >= 11 is 0. The van der Waals surface area contributed by atoms with E-state index in [0.717, 1.165) is 16.8 Å². The number of rotatable bonds is 2. The summed E-state index contributed by atoms with van der Waals surface area (Å²) in [5.74, 6) is -0.330. The zero-order valence-corrected chi connectivity index (χ0v) is 11.1. The first-order valence-corrected chi connectivity index (χ1v) is 5.80. The van der Waals surface area contributed by atoms with Crippen molar-refractivity contribution in [3.63, 3.8) is 0 Å². The number of alkyl halides is 3. The van der Waals surface area contributed by atoms with E-state index in [2.05, 4.69) is 10.3 Å². The third kappa shape index (κ3) is 2.63. The maximum absolute atomic E-state index is 12.9. The van der Waals surface area contributed by atoms with E-state index >= 15 is 0 Å². The number of carbonyl (C=O) groups is 1. The van der Waals surface area contributed by atoms with Crippen molar-refractivity contribution in [2.75, 3.05) is 0 Å². The Morgan fingerprint density at radius 1 is 1.38 bits per heavy atom. The number of hydrogen-bond donors (Lipinski definition) is 0. The molecule has 0 amide bonds. The molecular weight excluding hydrogens is 285 g/mol. The minimum Gasteiger partial charge on any atom is -0.293 e. The van der Waals surface area contributed by atoms with Gasteiger partial charge in [0, 0.05) is 6.92 Å². The Bertz CT molecular complexity index is 756. The molecule has 0 saturated heterocycles. The zero-order chi connectivity index (χ0) is 15.8. The molecule has 0 radical (unpaired) electrons. The first-order valence-electron chi connectivity index (χ1n) is 5.80. The number of carbonyl (C=O) groups excluding carboxylic acids is 1. The quantitative estimate of drug-likeness (QED) is 0.798. The molecular formula is C13H9F3N4O. The monoisotopic (exact) mass is 294 g/mol. The van der Waals surface area contributed by atoms with E-state index in [1.807, 2.05) is 0 Å². The Labute approximate surface area is 117 Å². The average molecular weight is 294 g/mol. The Kier molecular flexibility index (Phi) is 3.51. The number of nitriles is 1. The van der Waals surface area contributed by atoms with Gasteiger partial charge in [0.2, 0.25) is 0 Å². The van der Waals surface area contributed by atoms with Crippen LogP contribution in [-0.2, 0) is 6.18 Å². The van der Waals surface area contributed by atoms with Crippen molar-refractivity contribution in [3.8, 4) is 11.8 Å². The van der Waals surface area contributed by atoms with E-state index < -0.39 is 17.3 Å². The third-order valence-electron chi connectivity index (χ3n) is 2.90. The van der Waals surface area contributed by atoms with Gasteiger partial charge in [-0.1, -0.05) is 5.21 Å². The van der Waals surface area contributed by atoms with Gasteiger partial charge in [0.15, 0.2) is 11.5 Å². The molecule has 0 atom stereocenters. The fourth-order valence-corrected chi connectivity index (χ4v) is 1.90. The summed E-state index contributed by atoms with van der Waals surface area (Å²) in [6.07, 6.45) is -4.65. The lowest BCUT2D eigenvalue weighted by Gasteiger charge is -2.11. The van der Waals surface area contributed by atoms with Crippen LogP contribution in [0.5, 0.6) is 0 Å². The topological polar surface area (TPSA) is 71.6 Å². The van der Waals surface area contributed by atoms with Gasteiger partial charge in [0.25, 0.3) is 0 Å². The van der Waals surface area contributed by atoms with Gasteiger partial charge < -0.3 is 0 Å². The summed E-state index contributed by atoms with van der Waals surface area (Å²) in [5, 5.41) is 16.1. The van der Waals surface area contributed by atoms with Gasteiger partial charge in [0.05, 0.1) is 28.6 Å². The first-order chi connectivity index (χ1) is 9.75. The second kappa shape index (κ2) is 5.01. The largest absolute Gasteiger partial charge is 0.417 e. The van der Waals surface area contributed by atoms with E-state index in [9.17, 15) is 18.0 Å². The van der Waals surface area contributed by atoms with Gasteiger partial charge in [0.1, 0.15) is 0 Å². The second-order valence-electron chi connectivity index (χ2n) is 4.33. The maximum Gasteiger partial charge on any atom is 0.417 e. The lowest BCUT2D eigenvalue weighted by atomic mass is 10.1. The molecule has 108 valence electrons. The van der Waals surface area contributed by atoms with Crippen molar-refractivity contribution >= 4 is 5.78 Å².